The van der Waals surface area contributed by atoms with Crippen LogP contribution in [-0.2, 0) is 0 Å². The van der Waals surface area contributed by atoms with Crippen LogP contribution in [-0.4, -0.2) is 68.1 Å². The molecule has 0 radical (unpaired) electrons. The van der Waals surface area contributed by atoms with E-state index >= 15 is 0 Å². The van der Waals surface area contributed by atoms with Gasteiger partial charge in [0.15, 0.2) is 5.96 Å². The normalized spacial score (nSPS) is 18.9. The maximum absolute atomic E-state index is 5.82. The van der Waals surface area contributed by atoms with Crippen molar-refractivity contribution in [3.05, 3.63) is 12.2 Å². The van der Waals surface area contributed by atoms with E-state index in [0.717, 1.165) is 18.7 Å². The topological polar surface area (TPSA) is 56.9 Å². The van der Waals surface area contributed by atoms with Crippen LogP contribution in [0.1, 0.15) is 20.8 Å². The Kier molecular flexibility index (Phi) is 11.1. The minimum atomic E-state index is 0. The van der Waals surface area contributed by atoms with Crippen LogP contribution in [0.5, 0.6) is 0 Å². The van der Waals surface area contributed by atoms with Gasteiger partial charge in [-0.2, -0.15) is 0 Å². The van der Waals surface area contributed by atoms with Crippen molar-refractivity contribution in [3.63, 3.8) is 0 Å². The molecule has 1 aliphatic heterocycles. The van der Waals surface area contributed by atoms with Gasteiger partial charge < -0.3 is 20.9 Å². The molecule has 1 aliphatic rings. The second-order valence-corrected chi connectivity index (χ2v) is 5.88. The molecular weight excluding hydrogens is 377 g/mol. The Morgan fingerprint density at radius 3 is 2.38 bits per heavy atom. The average Bonchev–Trinajstić information content (AvgIpc) is 2.43. The first-order valence-electron chi connectivity index (χ1n) is 7.64. The molecule has 0 amide bonds. The van der Waals surface area contributed by atoms with E-state index in [1.54, 1.807) is 0 Å². The number of piperazine rings is 1. The lowest BCUT2D eigenvalue weighted by atomic mass is 10.1. The van der Waals surface area contributed by atoms with Crippen molar-refractivity contribution >= 4 is 29.9 Å². The summed E-state index contributed by atoms with van der Waals surface area (Å²) >= 11 is 0. The van der Waals surface area contributed by atoms with E-state index < -0.39 is 0 Å². The summed E-state index contributed by atoms with van der Waals surface area (Å²) in [5, 5.41) is 3.06. The molecule has 21 heavy (non-hydrogen) atoms. The molecule has 0 aromatic carbocycles. The largest absolute Gasteiger partial charge is 0.370 e. The Hall–Kier alpha value is -0.340. The van der Waals surface area contributed by atoms with Crippen molar-refractivity contribution in [3.8, 4) is 0 Å². The highest BCUT2D eigenvalue weighted by Crippen LogP contribution is 2.05. The average molecular weight is 409 g/mol. The van der Waals surface area contributed by atoms with Crippen LogP contribution in [0.2, 0.25) is 0 Å². The van der Waals surface area contributed by atoms with Crippen molar-refractivity contribution in [2.75, 3.05) is 52.4 Å². The van der Waals surface area contributed by atoms with Crippen LogP contribution in [0.3, 0.4) is 0 Å². The van der Waals surface area contributed by atoms with Gasteiger partial charge in [-0.25, -0.2) is 0 Å². The van der Waals surface area contributed by atoms with Gasteiger partial charge in [-0.3, -0.25) is 4.99 Å². The summed E-state index contributed by atoms with van der Waals surface area (Å²) in [7, 11) is 0. The fourth-order valence-corrected chi connectivity index (χ4v) is 2.34. The molecule has 124 valence electrons. The Labute approximate surface area is 147 Å². The van der Waals surface area contributed by atoms with E-state index in [2.05, 4.69) is 40.5 Å². The predicted molar refractivity (Wildman–Crippen MR) is 102 cm³/mol. The van der Waals surface area contributed by atoms with Gasteiger partial charge in [0.2, 0.25) is 0 Å². The maximum Gasteiger partial charge on any atom is 0.188 e. The number of guanidine groups is 1. The van der Waals surface area contributed by atoms with Gasteiger partial charge in [0.05, 0.1) is 0 Å². The summed E-state index contributed by atoms with van der Waals surface area (Å²) in [4.78, 5) is 9.43. The fourth-order valence-electron chi connectivity index (χ4n) is 2.34. The minimum absolute atomic E-state index is 0. The van der Waals surface area contributed by atoms with Crippen LogP contribution in [0.15, 0.2) is 17.1 Å². The van der Waals surface area contributed by atoms with Gasteiger partial charge in [-0.05, 0) is 19.4 Å². The van der Waals surface area contributed by atoms with Crippen LogP contribution in [0.4, 0.5) is 0 Å². The van der Waals surface area contributed by atoms with Crippen molar-refractivity contribution < 1.29 is 0 Å². The number of rotatable bonds is 7. The molecule has 3 N–H and O–H groups in total. The predicted octanol–water partition coefficient (Wildman–Crippen LogP) is 1.36. The molecule has 1 rings (SSSR count). The highest BCUT2D eigenvalue weighted by atomic mass is 127. The monoisotopic (exact) mass is 409 g/mol. The lowest BCUT2D eigenvalue weighted by Gasteiger charge is -2.35. The third kappa shape index (κ3) is 9.31. The highest BCUT2D eigenvalue weighted by molar-refractivity contribution is 14.0. The number of nitrogens with one attached hydrogen (secondary N) is 1. The van der Waals surface area contributed by atoms with Crippen molar-refractivity contribution in [2.45, 2.75) is 20.8 Å². The Balaban J connectivity index is 0.00000400. The number of hydrogen-bond acceptors (Lipinski definition) is 3. The number of aliphatic imine (C=N–C) groups is 1. The summed E-state index contributed by atoms with van der Waals surface area (Å²) < 4.78 is 0. The van der Waals surface area contributed by atoms with Crippen LogP contribution in [0.25, 0.3) is 0 Å². The van der Waals surface area contributed by atoms with Gasteiger partial charge >= 0.3 is 0 Å². The number of hydrogen-bond donors (Lipinski definition) is 2. The van der Waals surface area contributed by atoms with Gasteiger partial charge in [0.1, 0.15) is 0 Å². The lowest BCUT2D eigenvalue weighted by molar-refractivity contribution is 0.125. The quantitative estimate of drug-likeness (QED) is 0.289. The minimum Gasteiger partial charge on any atom is -0.370 e. The molecule has 0 aromatic heterocycles. The SMILES string of the molecule is C=C(C)CNC(N)=NCC(C)CN1CCN(CC)CC1.I. The van der Waals surface area contributed by atoms with Gasteiger partial charge in [0, 0.05) is 45.8 Å². The lowest BCUT2D eigenvalue weighted by Crippen LogP contribution is -2.47. The summed E-state index contributed by atoms with van der Waals surface area (Å²) in [5.41, 5.74) is 6.88. The van der Waals surface area contributed by atoms with Crippen molar-refractivity contribution in [1.29, 1.82) is 0 Å². The number of likely N-dealkylation sites (N-methyl/N-ethyl adjacent to an activating group) is 1. The van der Waals surface area contributed by atoms with Crippen LogP contribution >= 0.6 is 24.0 Å². The molecule has 1 saturated heterocycles. The van der Waals surface area contributed by atoms with E-state index in [1.165, 1.54) is 32.7 Å². The van der Waals surface area contributed by atoms with E-state index in [4.69, 9.17) is 5.73 Å². The zero-order valence-corrected chi connectivity index (χ0v) is 16.1. The second-order valence-electron chi connectivity index (χ2n) is 5.88. The van der Waals surface area contributed by atoms with Gasteiger partial charge in [0.25, 0.3) is 0 Å². The number of halogens is 1. The second kappa shape index (κ2) is 11.3. The van der Waals surface area contributed by atoms with Gasteiger partial charge in [-0.1, -0.05) is 26.0 Å². The van der Waals surface area contributed by atoms with Crippen LogP contribution < -0.4 is 11.1 Å². The van der Waals surface area contributed by atoms with Crippen molar-refractivity contribution in [2.24, 2.45) is 16.6 Å². The third-order valence-electron chi connectivity index (χ3n) is 3.63. The molecule has 0 aliphatic carbocycles. The zero-order valence-electron chi connectivity index (χ0n) is 13.8. The molecule has 0 aromatic rings. The van der Waals surface area contributed by atoms with Gasteiger partial charge in [-0.15, -0.1) is 24.0 Å². The standard InChI is InChI=1S/C15H31N5.HI/c1-5-19-6-8-20(9-7-19)12-14(4)11-18-15(16)17-10-13(2)3;/h14H,2,5-12H2,1,3-4H3,(H3,16,17,18);1H. The highest BCUT2D eigenvalue weighted by Gasteiger charge is 2.17. The van der Waals surface area contributed by atoms with E-state index in [1.807, 2.05) is 6.92 Å². The van der Waals surface area contributed by atoms with E-state index in [0.29, 0.717) is 18.4 Å². The first-order chi connectivity index (χ1) is 9.51. The smallest absolute Gasteiger partial charge is 0.188 e. The molecule has 1 unspecified atom stereocenters. The van der Waals surface area contributed by atoms with E-state index in [-0.39, 0.29) is 24.0 Å². The third-order valence-corrected chi connectivity index (χ3v) is 3.63. The molecule has 0 bridgehead atoms. The molecular formula is C15H32IN5. The van der Waals surface area contributed by atoms with Crippen LogP contribution in [0, 0.1) is 5.92 Å². The fraction of sp³-hybridized carbons (Fsp3) is 0.800. The molecule has 1 fully saturated rings. The number of nitrogens with zero attached hydrogens (tertiary/aromatic N) is 3. The summed E-state index contributed by atoms with van der Waals surface area (Å²) in [6.07, 6.45) is 0. The van der Waals surface area contributed by atoms with E-state index in [9.17, 15) is 0 Å². The number of nitrogens with two attached hydrogens (primary N) is 1. The first kappa shape index (κ1) is 20.7. The molecule has 0 spiro atoms. The Morgan fingerprint density at radius 2 is 1.86 bits per heavy atom. The summed E-state index contributed by atoms with van der Waals surface area (Å²) in [6, 6.07) is 0. The molecule has 0 saturated carbocycles. The molecule has 5 nitrogen and oxygen atoms in total. The molecule has 1 heterocycles. The maximum atomic E-state index is 5.82. The summed E-state index contributed by atoms with van der Waals surface area (Å²) in [5.74, 6) is 1.06. The molecule has 1 atom stereocenters. The van der Waals surface area contributed by atoms with Crippen molar-refractivity contribution in [1.82, 2.24) is 15.1 Å². The first-order valence-corrected chi connectivity index (χ1v) is 7.64. The molecule has 6 heteroatoms. The Bertz CT molecular complexity index is 324. The Morgan fingerprint density at radius 1 is 1.29 bits per heavy atom. The zero-order chi connectivity index (χ0) is 15.0. The summed E-state index contributed by atoms with van der Waals surface area (Å²) in [6.45, 7) is 18.7.